The van der Waals surface area contributed by atoms with Crippen LogP contribution in [-0.2, 0) is 50.4 Å². The molecule has 3 rings (SSSR count). The zero-order valence-corrected chi connectivity index (χ0v) is 25.9. The van der Waals surface area contributed by atoms with Gasteiger partial charge in [0, 0.05) is 0 Å². The molecule has 41 heavy (non-hydrogen) atoms. The van der Waals surface area contributed by atoms with Crippen LogP contribution < -0.4 is 0 Å². The highest BCUT2D eigenvalue weighted by atomic mass is 32.2. The molecule has 0 aromatic heterocycles. The Morgan fingerprint density at radius 1 is 1.00 bits per heavy atom. The Hall–Kier alpha value is -2.75. The molecule has 0 amide bonds. The van der Waals surface area contributed by atoms with Crippen molar-refractivity contribution in [2.75, 3.05) is 24.7 Å². The first-order valence-electron chi connectivity index (χ1n) is 14.1. The molecule has 8 nitrogen and oxygen atoms in total. The second kappa shape index (κ2) is 13.5. The molecule has 1 heterocycles. The molecule has 1 saturated heterocycles. The summed E-state index contributed by atoms with van der Waals surface area (Å²) in [5, 5.41) is 0. The lowest BCUT2D eigenvalue weighted by Gasteiger charge is -2.31. The molecule has 0 radical (unpaired) electrons. The summed E-state index contributed by atoms with van der Waals surface area (Å²) >= 11 is 0. The van der Waals surface area contributed by atoms with Crippen molar-refractivity contribution in [1.29, 1.82) is 0 Å². The molecule has 0 saturated carbocycles. The van der Waals surface area contributed by atoms with Gasteiger partial charge in [0.25, 0.3) is 0 Å². The largest absolute Gasteiger partial charge is 0.465 e. The summed E-state index contributed by atoms with van der Waals surface area (Å²) in [7, 11) is -3.65. The van der Waals surface area contributed by atoms with Crippen molar-refractivity contribution in [3.63, 3.8) is 0 Å². The third kappa shape index (κ3) is 9.65. The van der Waals surface area contributed by atoms with E-state index in [2.05, 4.69) is 0 Å². The molecule has 1 aliphatic heterocycles. The van der Waals surface area contributed by atoms with Gasteiger partial charge < -0.3 is 18.9 Å². The van der Waals surface area contributed by atoms with Gasteiger partial charge in [0.1, 0.15) is 18.5 Å². The summed E-state index contributed by atoms with van der Waals surface area (Å²) in [6.45, 7) is 11.7. The lowest BCUT2D eigenvalue weighted by Crippen LogP contribution is -2.35. The van der Waals surface area contributed by atoms with E-state index >= 15 is 0 Å². The van der Waals surface area contributed by atoms with Crippen LogP contribution in [0, 0.1) is 5.41 Å². The molecule has 1 fully saturated rings. The van der Waals surface area contributed by atoms with Gasteiger partial charge in [0.2, 0.25) is 0 Å². The Labute approximate surface area is 244 Å². The van der Waals surface area contributed by atoms with Crippen molar-refractivity contribution in [1.82, 2.24) is 0 Å². The normalized spacial score (nSPS) is 18.4. The van der Waals surface area contributed by atoms with Crippen LogP contribution in [0.5, 0.6) is 0 Å². The molecular weight excluding hydrogens is 544 g/mol. The van der Waals surface area contributed by atoms with Gasteiger partial charge in [-0.25, -0.2) is 8.42 Å². The van der Waals surface area contributed by atoms with Gasteiger partial charge in [-0.15, -0.1) is 0 Å². The van der Waals surface area contributed by atoms with E-state index in [4.69, 9.17) is 18.9 Å². The minimum Gasteiger partial charge on any atom is -0.465 e. The molecule has 0 aliphatic carbocycles. The maximum absolute atomic E-state index is 13.7. The second-order valence-corrected chi connectivity index (χ2v) is 14.3. The van der Waals surface area contributed by atoms with Crippen LogP contribution in [0.25, 0.3) is 0 Å². The van der Waals surface area contributed by atoms with Crippen molar-refractivity contribution >= 4 is 21.8 Å². The lowest BCUT2D eigenvalue weighted by atomic mass is 9.75. The van der Waals surface area contributed by atoms with Crippen LogP contribution in [0.2, 0.25) is 0 Å². The average Bonchev–Trinajstić information content (AvgIpc) is 3.26. The Morgan fingerprint density at radius 2 is 1.71 bits per heavy atom. The highest BCUT2D eigenvalue weighted by molar-refractivity contribution is 7.92. The first-order valence-corrected chi connectivity index (χ1v) is 16.0. The zero-order chi connectivity index (χ0) is 30.3. The number of rotatable bonds is 14. The third-order valence-electron chi connectivity index (χ3n) is 7.35. The van der Waals surface area contributed by atoms with Crippen LogP contribution in [-0.4, -0.2) is 50.9 Å². The number of carbonyl (C=O) groups excluding carboxylic acids is 2. The van der Waals surface area contributed by atoms with Crippen LogP contribution >= 0.6 is 0 Å². The summed E-state index contributed by atoms with van der Waals surface area (Å²) in [5.41, 5.74) is 1.01. The summed E-state index contributed by atoms with van der Waals surface area (Å²) in [6.07, 6.45) is 1.29. The van der Waals surface area contributed by atoms with Gasteiger partial charge in [-0.3, -0.25) is 9.59 Å². The van der Waals surface area contributed by atoms with E-state index in [1.165, 1.54) is 0 Å². The fourth-order valence-electron chi connectivity index (χ4n) is 5.20. The molecule has 2 aromatic rings. The van der Waals surface area contributed by atoms with Gasteiger partial charge in [0.15, 0.2) is 15.6 Å². The predicted molar refractivity (Wildman–Crippen MR) is 157 cm³/mol. The fourth-order valence-corrected chi connectivity index (χ4v) is 7.08. The van der Waals surface area contributed by atoms with Crippen molar-refractivity contribution in [2.45, 2.75) is 84.7 Å². The third-order valence-corrected chi connectivity index (χ3v) is 9.25. The summed E-state index contributed by atoms with van der Waals surface area (Å²) in [6, 6.07) is 17.3. The van der Waals surface area contributed by atoms with Crippen molar-refractivity contribution in [2.24, 2.45) is 5.41 Å². The molecule has 0 bridgehead atoms. The SMILES string of the molecule is CCOC(=O)CS(=O)(=O)CC(C)(C)CCCC(C)(C(=O)OCc1ccccc1)c1cccc(C2COC(C)(C)O2)c1. The lowest BCUT2D eigenvalue weighted by molar-refractivity contribution is -0.152. The highest BCUT2D eigenvalue weighted by Crippen LogP contribution is 2.38. The summed E-state index contributed by atoms with van der Waals surface area (Å²) in [5.74, 6) is -2.56. The van der Waals surface area contributed by atoms with Crippen molar-refractivity contribution in [3.05, 3.63) is 71.3 Å². The van der Waals surface area contributed by atoms with E-state index in [0.717, 1.165) is 16.7 Å². The monoisotopic (exact) mass is 588 g/mol. The van der Waals surface area contributed by atoms with Crippen LogP contribution in [0.1, 0.15) is 83.6 Å². The van der Waals surface area contributed by atoms with Gasteiger partial charge in [-0.05, 0) is 62.6 Å². The van der Waals surface area contributed by atoms with Gasteiger partial charge in [-0.1, -0.05) is 74.9 Å². The molecule has 2 aromatic carbocycles. The molecule has 226 valence electrons. The van der Waals surface area contributed by atoms with E-state index in [1.54, 1.807) is 6.92 Å². The predicted octanol–water partition coefficient (Wildman–Crippen LogP) is 5.69. The molecule has 0 spiro atoms. The summed E-state index contributed by atoms with van der Waals surface area (Å²) < 4.78 is 47.8. The van der Waals surface area contributed by atoms with E-state index in [0.29, 0.717) is 25.9 Å². The van der Waals surface area contributed by atoms with Crippen LogP contribution in [0.3, 0.4) is 0 Å². The molecular formula is C32H44O8S. The van der Waals surface area contributed by atoms with Gasteiger partial charge >= 0.3 is 11.9 Å². The second-order valence-electron chi connectivity index (χ2n) is 12.2. The molecule has 1 aliphatic rings. The quantitative estimate of drug-likeness (QED) is 0.259. The minimum atomic E-state index is -3.65. The Morgan fingerprint density at radius 3 is 2.34 bits per heavy atom. The van der Waals surface area contributed by atoms with E-state index in [-0.39, 0.29) is 31.0 Å². The zero-order valence-electron chi connectivity index (χ0n) is 25.1. The van der Waals surface area contributed by atoms with Crippen molar-refractivity contribution in [3.8, 4) is 0 Å². The van der Waals surface area contributed by atoms with Crippen LogP contribution in [0.4, 0.5) is 0 Å². The molecule has 2 unspecified atom stereocenters. The van der Waals surface area contributed by atoms with Crippen LogP contribution in [0.15, 0.2) is 54.6 Å². The first kappa shape index (κ1) is 32.8. The molecule has 0 N–H and O–H groups in total. The number of carbonyl (C=O) groups is 2. The van der Waals surface area contributed by atoms with E-state index in [1.807, 2.05) is 89.2 Å². The van der Waals surface area contributed by atoms with Crippen molar-refractivity contribution < 1.29 is 37.0 Å². The van der Waals surface area contributed by atoms with Gasteiger partial charge in [-0.2, -0.15) is 0 Å². The minimum absolute atomic E-state index is 0.134. The standard InChI is InChI=1S/C32H44O8S/c1-7-37-28(33)22-41(35,36)23-30(2,3)17-12-18-32(6,29(34)38-20-24-13-9-8-10-14-24)26-16-11-15-25(19-26)27-21-39-31(4,5)40-27/h8-11,13-16,19,27H,7,12,17-18,20-23H2,1-6H3. The number of hydrogen-bond acceptors (Lipinski definition) is 8. The topological polar surface area (TPSA) is 105 Å². The highest BCUT2D eigenvalue weighted by Gasteiger charge is 2.39. The smallest absolute Gasteiger partial charge is 0.321 e. The van der Waals surface area contributed by atoms with Gasteiger partial charge in [0.05, 0.1) is 24.4 Å². The maximum Gasteiger partial charge on any atom is 0.321 e. The molecule has 9 heteroatoms. The molecule has 2 atom stereocenters. The number of sulfone groups is 1. The Balaban J connectivity index is 1.78. The Bertz CT molecular complexity index is 1290. The number of esters is 2. The fraction of sp³-hybridized carbons (Fsp3) is 0.562. The van der Waals surface area contributed by atoms with E-state index < -0.39 is 38.2 Å². The average molecular weight is 589 g/mol. The van der Waals surface area contributed by atoms with E-state index in [9.17, 15) is 18.0 Å². The number of hydrogen-bond donors (Lipinski definition) is 0. The number of ether oxygens (including phenoxy) is 4. The first-order chi connectivity index (χ1) is 19.1. The Kier molecular flexibility index (Phi) is 10.8. The maximum atomic E-state index is 13.7. The summed E-state index contributed by atoms with van der Waals surface area (Å²) in [4.78, 5) is 25.5. The number of benzene rings is 2.